The van der Waals surface area contributed by atoms with Gasteiger partial charge in [0.25, 0.3) is 5.56 Å². The van der Waals surface area contributed by atoms with Crippen LogP contribution in [0.2, 0.25) is 0 Å². The van der Waals surface area contributed by atoms with E-state index in [1.54, 1.807) is 0 Å². The maximum atomic E-state index is 13.2. The van der Waals surface area contributed by atoms with Gasteiger partial charge in [0.05, 0.1) is 31.3 Å². The molecule has 164 valence electrons. The standard InChI is InChI=1S/C23H30N6O2/c1-15-7-9-28(10-8-15)21(22-25-26-27-29(22)14-18-4-3-11-31-18)19-13-17-12-16(2)5-6-20(17)24-23(19)30/h5-6,12-13,15,18,21H,3-4,7-11,14H2,1-2H3,(H,24,30)/p+1/t18-,21-/m1/s1. The lowest BCUT2D eigenvalue weighted by Crippen LogP contribution is -3.13. The summed E-state index contributed by atoms with van der Waals surface area (Å²) >= 11 is 0. The average molecular weight is 424 g/mol. The van der Waals surface area contributed by atoms with Crippen LogP contribution in [0.25, 0.3) is 10.9 Å². The van der Waals surface area contributed by atoms with Crippen molar-refractivity contribution in [3.63, 3.8) is 0 Å². The maximum Gasteiger partial charge on any atom is 0.258 e. The van der Waals surface area contributed by atoms with E-state index in [1.165, 1.54) is 10.5 Å². The van der Waals surface area contributed by atoms with Crippen molar-refractivity contribution in [2.45, 2.75) is 58.2 Å². The van der Waals surface area contributed by atoms with Gasteiger partial charge in [0.2, 0.25) is 5.82 Å². The first kappa shape index (κ1) is 20.3. The number of rotatable bonds is 5. The van der Waals surface area contributed by atoms with Crippen molar-refractivity contribution >= 4 is 10.9 Å². The van der Waals surface area contributed by atoms with Crippen LogP contribution < -0.4 is 10.5 Å². The Morgan fingerprint density at radius 2 is 2.10 bits per heavy atom. The number of nitrogens with one attached hydrogen (secondary N) is 2. The molecule has 0 aliphatic carbocycles. The van der Waals surface area contributed by atoms with Gasteiger partial charge in [0.15, 0.2) is 6.04 Å². The van der Waals surface area contributed by atoms with Crippen LogP contribution in [0, 0.1) is 12.8 Å². The first-order chi connectivity index (χ1) is 15.1. The molecule has 1 aromatic carbocycles. The highest BCUT2D eigenvalue weighted by molar-refractivity contribution is 5.79. The molecular weight excluding hydrogens is 392 g/mol. The number of aromatic amines is 1. The topological polar surface area (TPSA) is 90.1 Å². The Morgan fingerprint density at radius 1 is 1.26 bits per heavy atom. The third-order valence-electron chi connectivity index (χ3n) is 6.88. The van der Waals surface area contributed by atoms with Crippen LogP contribution in [0.3, 0.4) is 0 Å². The SMILES string of the molecule is Cc1ccc2[nH]c(=O)c([C@H](c3nnnn3C[C@H]3CCCO3)[NH+]3CCC(C)CC3)cc2c1. The van der Waals surface area contributed by atoms with Gasteiger partial charge in [-0.25, -0.2) is 4.68 Å². The summed E-state index contributed by atoms with van der Waals surface area (Å²) in [7, 11) is 0. The summed E-state index contributed by atoms with van der Waals surface area (Å²) in [5, 5.41) is 13.8. The number of aromatic nitrogens is 5. The fourth-order valence-corrected chi connectivity index (χ4v) is 5.05. The Morgan fingerprint density at radius 3 is 2.87 bits per heavy atom. The Hall–Kier alpha value is -2.58. The van der Waals surface area contributed by atoms with Gasteiger partial charge < -0.3 is 14.6 Å². The van der Waals surface area contributed by atoms with Crippen LogP contribution in [0.15, 0.2) is 29.1 Å². The minimum absolute atomic E-state index is 0.0564. The molecule has 0 spiro atoms. The minimum Gasteiger partial charge on any atom is -0.376 e. The molecule has 8 nitrogen and oxygen atoms in total. The van der Waals surface area contributed by atoms with Crippen molar-refractivity contribution in [2.24, 2.45) is 5.92 Å². The van der Waals surface area contributed by atoms with Crippen LogP contribution in [0.5, 0.6) is 0 Å². The number of tetrazole rings is 1. The zero-order valence-electron chi connectivity index (χ0n) is 18.3. The molecule has 5 rings (SSSR count). The fraction of sp³-hybridized carbons (Fsp3) is 0.565. The summed E-state index contributed by atoms with van der Waals surface area (Å²) in [4.78, 5) is 17.7. The van der Waals surface area contributed by atoms with Gasteiger partial charge in [-0.15, -0.1) is 5.10 Å². The number of fused-ring (bicyclic) bond motifs is 1. The summed E-state index contributed by atoms with van der Waals surface area (Å²) in [6, 6.07) is 7.96. The zero-order chi connectivity index (χ0) is 21.4. The molecule has 2 N–H and O–H groups in total. The molecule has 2 atom stereocenters. The van der Waals surface area contributed by atoms with E-state index in [0.29, 0.717) is 12.5 Å². The van der Waals surface area contributed by atoms with Crippen molar-refractivity contribution < 1.29 is 9.64 Å². The van der Waals surface area contributed by atoms with Crippen LogP contribution >= 0.6 is 0 Å². The number of likely N-dealkylation sites (tertiary alicyclic amines) is 1. The predicted molar refractivity (Wildman–Crippen MR) is 117 cm³/mol. The Kier molecular flexibility index (Phi) is 5.58. The molecular formula is C23H31N6O2+. The van der Waals surface area contributed by atoms with Crippen molar-refractivity contribution in [1.82, 2.24) is 25.2 Å². The van der Waals surface area contributed by atoms with Gasteiger partial charge in [-0.05, 0) is 72.5 Å². The van der Waals surface area contributed by atoms with Crippen molar-refractivity contribution in [3.05, 3.63) is 51.6 Å². The van der Waals surface area contributed by atoms with E-state index < -0.39 is 0 Å². The molecule has 0 saturated carbocycles. The van der Waals surface area contributed by atoms with Crippen molar-refractivity contribution in [1.29, 1.82) is 0 Å². The highest BCUT2D eigenvalue weighted by Crippen LogP contribution is 2.22. The molecule has 31 heavy (non-hydrogen) atoms. The van der Waals surface area contributed by atoms with Gasteiger partial charge in [-0.3, -0.25) is 4.79 Å². The number of pyridine rings is 1. The van der Waals surface area contributed by atoms with Crippen molar-refractivity contribution in [3.8, 4) is 0 Å². The van der Waals surface area contributed by atoms with E-state index in [-0.39, 0.29) is 17.7 Å². The number of hydrogen-bond acceptors (Lipinski definition) is 5. The van der Waals surface area contributed by atoms with E-state index in [1.807, 2.05) is 22.9 Å². The second-order valence-electron chi connectivity index (χ2n) is 9.27. The minimum atomic E-state index is -0.197. The van der Waals surface area contributed by atoms with Gasteiger partial charge in [-0.2, -0.15) is 0 Å². The van der Waals surface area contributed by atoms with Gasteiger partial charge in [0.1, 0.15) is 0 Å². The summed E-state index contributed by atoms with van der Waals surface area (Å²) in [6.07, 6.45) is 4.52. The third kappa shape index (κ3) is 4.14. The smallest absolute Gasteiger partial charge is 0.258 e. The zero-order valence-corrected chi connectivity index (χ0v) is 18.3. The second kappa shape index (κ2) is 8.51. The van der Waals surface area contributed by atoms with Gasteiger partial charge in [0, 0.05) is 12.1 Å². The number of benzene rings is 1. The number of quaternary nitrogens is 1. The molecule has 2 fully saturated rings. The molecule has 4 heterocycles. The summed E-state index contributed by atoms with van der Waals surface area (Å²) in [5.41, 5.74) is 2.72. The van der Waals surface area contributed by atoms with E-state index in [4.69, 9.17) is 4.74 Å². The number of hydrogen-bond donors (Lipinski definition) is 2. The monoisotopic (exact) mass is 423 g/mol. The quantitative estimate of drug-likeness (QED) is 0.648. The lowest BCUT2D eigenvalue weighted by Gasteiger charge is -2.33. The average Bonchev–Trinajstić information content (AvgIpc) is 3.43. The number of H-pyrrole nitrogens is 1. The Labute approximate surface area is 181 Å². The van der Waals surface area contributed by atoms with Crippen LogP contribution in [-0.4, -0.2) is 51.0 Å². The lowest BCUT2D eigenvalue weighted by atomic mass is 9.95. The normalized spacial score (nSPS) is 25.2. The van der Waals surface area contributed by atoms with Gasteiger partial charge in [-0.1, -0.05) is 18.6 Å². The second-order valence-corrected chi connectivity index (χ2v) is 9.27. The van der Waals surface area contributed by atoms with E-state index in [2.05, 4.69) is 40.4 Å². The summed E-state index contributed by atoms with van der Waals surface area (Å²) < 4.78 is 7.70. The van der Waals surface area contributed by atoms with Crippen molar-refractivity contribution in [2.75, 3.05) is 19.7 Å². The molecule has 0 bridgehead atoms. The molecule has 3 aromatic rings. The van der Waals surface area contributed by atoms with Crippen LogP contribution in [-0.2, 0) is 11.3 Å². The molecule has 8 heteroatoms. The molecule has 2 saturated heterocycles. The molecule has 0 unspecified atom stereocenters. The Bertz CT molecular complexity index is 1110. The summed E-state index contributed by atoms with van der Waals surface area (Å²) in [6.45, 7) is 7.81. The summed E-state index contributed by atoms with van der Waals surface area (Å²) in [5.74, 6) is 1.47. The number of ether oxygens (including phenoxy) is 1. The first-order valence-corrected chi connectivity index (χ1v) is 11.4. The van der Waals surface area contributed by atoms with Crippen LogP contribution in [0.4, 0.5) is 0 Å². The third-order valence-corrected chi connectivity index (χ3v) is 6.88. The van der Waals surface area contributed by atoms with E-state index in [0.717, 1.165) is 67.7 Å². The lowest BCUT2D eigenvalue weighted by molar-refractivity contribution is -0.932. The molecule has 2 aromatic heterocycles. The number of piperidine rings is 1. The first-order valence-electron chi connectivity index (χ1n) is 11.4. The Balaban J connectivity index is 1.59. The largest absolute Gasteiger partial charge is 0.376 e. The molecule has 2 aliphatic rings. The number of aryl methyl sites for hydroxylation is 1. The fourth-order valence-electron chi connectivity index (χ4n) is 5.05. The van der Waals surface area contributed by atoms with Gasteiger partial charge >= 0.3 is 0 Å². The number of nitrogens with zero attached hydrogens (tertiary/aromatic N) is 4. The maximum absolute atomic E-state index is 13.2. The molecule has 2 aliphatic heterocycles. The predicted octanol–water partition coefficient (Wildman–Crippen LogP) is 1.41. The molecule has 0 radical (unpaired) electrons. The highest BCUT2D eigenvalue weighted by Gasteiger charge is 2.36. The highest BCUT2D eigenvalue weighted by atomic mass is 16.5. The molecule has 0 amide bonds. The van der Waals surface area contributed by atoms with Crippen LogP contribution in [0.1, 0.15) is 55.6 Å². The van der Waals surface area contributed by atoms with E-state index >= 15 is 0 Å². The van der Waals surface area contributed by atoms with E-state index in [9.17, 15) is 4.79 Å².